The zero-order valence-electron chi connectivity index (χ0n) is 13.8. The number of rotatable bonds is 4. The lowest BCUT2D eigenvalue weighted by atomic mass is 10.0. The number of benzene rings is 1. The molecule has 134 valence electrons. The van der Waals surface area contributed by atoms with Gasteiger partial charge in [0.25, 0.3) is 0 Å². The highest BCUT2D eigenvalue weighted by Gasteiger charge is 2.47. The first-order chi connectivity index (χ1) is 11.0. The number of aliphatic hydroxyl groups is 1. The number of hydrazone groups is 1. The summed E-state index contributed by atoms with van der Waals surface area (Å²) in [6, 6.07) is 4.29. The van der Waals surface area contributed by atoms with Crippen LogP contribution in [-0.4, -0.2) is 67.7 Å². The van der Waals surface area contributed by atoms with E-state index in [1.807, 2.05) is 0 Å². The lowest BCUT2D eigenvalue weighted by Gasteiger charge is -2.38. The minimum atomic E-state index is -4.00. The Hall–Kier alpha value is -1.04. The van der Waals surface area contributed by atoms with Gasteiger partial charge < -0.3 is 10.1 Å². The molecule has 0 saturated carbocycles. The van der Waals surface area contributed by atoms with Crippen LogP contribution in [0.15, 0.2) is 28.2 Å². The van der Waals surface area contributed by atoms with Crippen LogP contribution in [0.1, 0.15) is 5.56 Å². The third kappa shape index (κ3) is 3.63. The average molecular weight is 394 g/mol. The van der Waals surface area contributed by atoms with E-state index < -0.39 is 15.7 Å². The fourth-order valence-corrected chi connectivity index (χ4v) is 4.71. The first-order valence-electron chi connectivity index (χ1n) is 6.88. The number of hydrogen-bond donors (Lipinski definition) is 2. The van der Waals surface area contributed by atoms with Crippen molar-refractivity contribution >= 4 is 38.6 Å². The molecule has 1 aromatic carbocycles. The Labute approximate surface area is 150 Å². The Bertz CT molecular complexity index is 769. The molecule has 3 N–H and O–H groups in total. The Morgan fingerprint density at radius 2 is 2.00 bits per heavy atom. The van der Waals surface area contributed by atoms with Gasteiger partial charge in [-0.05, 0) is 12.1 Å². The van der Waals surface area contributed by atoms with E-state index in [4.69, 9.17) is 16.7 Å². The minimum Gasteiger partial charge on any atom is -0.365 e. The van der Waals surface area contributed by atoms with Crippen LogP contribution in [-0.2, 0) is 15.7 Å². The Kier molecular flexibility index (Phi) is 5.38. The van der Waals surface area contributed by atoms with Crippen molar-refractivity contribution in [2.24, 2.45) is 10.2 Å². The van der Waals surface area contributed by atoms with Crippen molar-refractivity contribution in [2.75, 3.05) is 33.9 Å². The van der Waals surface area contributed by atoms with E-state index >= 15 is 0 Å². The zero-order valence-corrected chi connectivity index (χ0v) is 16.2. The van der Waals surface area contributed by atoms with Crippen molar-refractivity contribution < 1.29 is 13.5 Å². The van der Waals surface area contributed by atoms with Crippen molar-refractivity contribution in [3.05, 3.63) is 28.8 Å². The fourth-order valence-electron chi connectivity index (χ4n) is 2.37. The van der Waals surface area contributed by atoms with Crippen LogP contribution in [0, 0.1) is 0 Å². The molecule has 1 atom stereocenters. The van der Waals surface area contributed by atoms with Crippen molar-refractivity contribution in [1.82, 2.24) is 15.0 Å². The highest BCUT2D eigenvalue weighted by atomic mass is 35.5. The van der Waals surface area contributed by atoms with Crippen LogP contribution in [0.4, 0.5) is 0 Å². The molecular formula is C13H20ClN5O3S2. The Morgan fingerprint density at radius 1 is 1.38 bits per heavy atom. The van der Waals surface area contributed by atoms with Gasteiger partial charge in [0.15, 0.2) is 5.72 Å². The Balaban J connectivity index is 2.58. The predicted octanol–water partition coefficient (Wildman–Crippen LogP) is 0.490. The maximum Gasteiger partial charge on any atom is 0.239 e. The highest BCUT2D eigenvalue weighted by molar-refractivity contribution is 8.14. The lowest BCUT2D eigenvalue weighted by molar-refractivity contribution is -0.134. The van der Waals surface area contributed by atoms with E-state index in [2.05, 4.69) is 5.10 Å². The van der Waals surface area contributed by atoms with Crippen LogP contribution in [0.3, 0.4) is 0 Å². The second kappa shape index (κ2) is 6.70. The summed E-state index contributed by atoms with van der Waals surface area (Å²) in [7, 11) is 3.08. The molecule has 2 rings (SSSR count). The number of primary sulfonamides is 1. The average Bonchev–Trinajstić information content (AvgIpc) is 2.75. The summed E-state index contributed by atoms with van der Waals surface area (Å²) in [5.41, 5.74) is -1.12. The molecule has 0 radical (unpaired) electrons. The molecule has 0 aromatic heterocycles. The molecule has 11 heteroatoms. The summed E-state index contributed by atoms with van der Waals surface area (Å²) >= 11 is 7.28. The number of amidine groups is 1. The highest BCUT2D eigenvalue weighted by Crippen LogP contribution is 2.40. The number of hydrogen-bond acceptors (Lipinski definition) is 7. The molecule has 1 fully saturated rings. The van der Waals surface area contributed by atoms with Crippen LogP contribution in [0.2, 0.25) is 5.02 Å². The van der Waals surface area contributed by atoms with Gasteiger partial charge in [-0.25, -0.2) is 23.6 Å². The van der Waals surface area contributed by atoms with E-state index in [0.29, 0.717) is 10.7 Å². The standard InChI is InChI=1S/C13H20ClN5O3S2/c1-17(2)16-12-19(18(3)4)13(20,8-23-12)9-5-6-10(14)11(7-9)24(15,21)22/h5-7,20H,8H2,1-4H3,(H2,15,21,22). The molecule has 0 amide bonds. The van der Waals surface area contributed by atoms with Gasteiger partial charge in [-0.3, -0.25) is 0 Å². The largest absolute Gasteiger partial charge is 0.365 e. The van der Waals surface area contributed by atoms with Gasteiger partial charge in [0.1, 0.15) is 4.90 Å². The van der Waals surface area contributed by atoms with Gasteiger partial charge in [0.2, 0.25) is 15.2 Å². The zero-order chi connectivity index (χ0) is 18.3. The summed E-state index contributed by atoms with van der Waals surface area (Å²) in [5.74, 6) is 0.267. The Morgan fingerprint density at radius 3 is 2.50 bits per heavy atom. The number of nitrogens with zero attached hydrogens (tertiary/aromatic N) is 4. The second-order valence-corrected chi connectivity index (χ2v) is 8.56. The molecule has 1 aliphatic heterocycles. The van der Waals surface area contributed by atoms with E-state index in [1.54, 1.807) is 49.3 Å². The van der Waals surface area contributed by atoms with Crippen LogP contribution < -0.4 is 5.14 Å². The predicted molar refractivity (Wildman–Crippen MR) is 95.8 cm³/mol. The van der Waals surface area contributed by atoms with E-state index in [9.17, 15) is 13.5 Å². The molecule has 1 saturated heterocycles. The van der Waals surface area contributed by atoms with Gasteiger partial charge in [-0.1, -0.05) is 29.4 Å². The third-order valence-corrected chi connectivity index (χ3v) is 5.77. The number of hydrazine groups is 1. The maximum atomic E-state index is 11.7. The first-order valence-corrected chi connectivity index (χ1v) is 9.79. The molecule has 0 spiro atoms. The summed E-state index contributed by atoms with van der Waals surface area (Å²) in [6.07, 6.45) is 0. The smallest absolute Gasteiger partial charge is 0.239 e. The minimum absolute atomic E-state index is 0.00841. The van der Waals surface area contributed by atoms with Gasteiger partial charge in [-0.15, -0.1) is 0 Å². The third-order valence-electron chi connectivity index (χ3n) is 3.32. The number of nitrogens with two attached hydrogens (primary N) is 1. The van der Waals surface area contributed by atoms with Crippen LogP contribution in [0.25, 0.3) is 0 Å². The second-order valence-electron chi connectivity index (χ2n) is 5.68. The van der Waals surface area contributed by atoms with Crippen LogP contribution in [0.5, 0.6) is 0 Å². The lowest BCUT2D eigenvalue weighted by Crippen LogP contribution is -2.52. The van der Waals surface area contributed by atoms with E-state index in [0.717, 1.165) is 0 Å². The normalized spacial score (nSPS) is 23.3. The SMILES string of the molecule is CN(C)N=C1SCC(O)(c2ccc(Cl)c(S(N)(=O)=O)c2)N1N(C)C. The van der Waals surface area contributed by atoms with Crippen molar-refractivity contribution in [3.63, 3.8) is 0 Å². The monoisotopic (exact) mass is 393 g/mol. The molecular weight excluding hydrogens is 374 g/mol. The van der Waals surface area contributed by atoms with Gasteiger partial charge in [0.05, 0.1) is 10.8 Å². The molecule has 1 aliphatic rings. The van der Waals surface area contributed by atoms with Crippen molar-refractivity contribution in [2.45, 2.75) is 10.6 Å². The molecule has 8 nitrogen and oxygen atoms in total. The molecule has 1 heterocycles. The topological polar surface area (TPSA) is 102 Å². The number of sulfonamides is 1. The summed E-state index contributed by atoms with van der Waals surface area (Å²) in [4.78, 5) is -0.225. The molecule has 0 aliphatic carbocycles. The van der Waals surface area contributed by atoms with Gasteiger partial charge in [-0.2, -0.15) is 5.10 Å². The summed E-state index contributed by atoms with van der Waals surface area (Å²) in [6.45, 7) is 0. The molecule has 1 aromatic rings. The quantitative estimate of drug-likeness (QED) is 0.717. The maximum absolute atomic E-state index is 11.7. The van der Waals surface area contributed by atoms with Gasteiger partial charge in [0, 0.05) is 33.8 Å². The van der Waals surface area contributed by atoms with E-state index in [-0.39, 0.29) is 15.7 Å². The van der Waals surface area contributed by atoms with Gasteiger partial charge >= 0.3 is 0 Å². The molecule has 0 bridgehead atoms. The van der Waals surface area contributed by atoms with E-state index in [1.165, 1.54) is 23.9 Å². The number of thioether (sulfide) groups is 1. The summed E-state index contributed by atoms with van der Waals surface area (Å²) < 4.78 is 23.4. The first kappa shape index (κ1) is 19.3. The molecule has 24 heavy (non-hydrogen) atoms. The van der Waals surface area contributed by atoms with Crippen LogP contribution >= 0.6 is 23.4 Å². The molecule has 1 unspecified atom stereocenters. The summed E-state index contributed by atoms with van der Waals surface area (Å²) in [5, 5.41) is 26.3. The fraction of sp³-hybridized carbons (Fsp3) is 0.462. The van der Waals surface area contributed by atoms with Crippen molar-refractivity contribution in [3.8, 4) is 0 Å². The van der Waals surface area contributed by atoms with Crippen molar-refractivity contribution in [1.29, 1.82) is 0 Å². The number of halogens is 1.